The van der Waals surface area contributed by atoms with Gasteiger partial charge in [0.1, 0.15) is 5.76 Å². The van der Waals surface area contributed by atoms with Gasteiger partial charge in [-0.3, -0.25) is 9.89 Å². The van der Waals surface area contributed by atoms with Crippen molar-refractivity contribution in [1.29, 1.82) is 0 Å². The molecule has 7 heteroatoms. The molecule has 0 atom stereocenters. The summed E-state index contributed by atoms with van der Waals surface area (Å²) in [5, 5.41) is 7.55. The predicted octanol–water partition coefficient (Wildman–Crippen LogP) is 2.87. The van der Waals surface area contributed by atoms with Crippen LogP contribution in [-0.4, -0.2) is 60.2 Å². The van der Waals surface area contributed by atoms with Crippen molar-refractivity contribution < 1.29 is 4.52 Å². The van der Waals surface area contributed by atoms with E-state index in [2.05, 4.69) is 27.2 Å². The second-order valence-electron chi connectivity index (χ2n) is 7.01. The molecule has 3 rings (SSSR count). The third kappa shape index (κ3) is 6.77. The number of piperazine rings is 1. The van der Waals surface area contributed by atoms with E-state index in [1.807, 2.05) is 13.0 Å². The van der Waals surface area contributed by atoms with E-state index in [0.29, 0.717) is 0 Å². The first-order valence-corrected chi connectivity index (χ1v) is 9.42. The first-order chi connectivity index (χ1) is 11.7. The predicted molar refractivity (Wildman–Crippen MR) is 111 cm³/mol. The Balaban J connectivity index is 0.00000225. The monoisotopic (exact) mass is 461 g/mol. The fourth-order valence-electron chi connectivity index (χ4n) is 3.24. The molecule has 2 fully saturated rings. The van der Waals surface area contributed by atoms with Crippen molar-refractivity contribution in [2.75, 3.05) is 39.3 Å². The minimum atomic E-state index is 0. The Labute approximate surface area is 168 Å². The molecule has 6 nitrogen and oxygen atoms in total. The van der Waals surface area contributed by atoms with E-state index in [-0.39, 0.29) is 24.0 Å². The summed E-state index contributed by atoms with van der Waals surface area (Å²) in [6.45, 7) is 11.0. The third-order valence-electron chi connectivity index (χ3n) is 4.80. The summed E-state index contributed by atoms with van der Waals surface area (Å²) in [5.41, 5.74) is 1.03. The number of rotatable bonds is 7. The molecule has 1 aliphatic carbocycles. The minimum Gasteiger partial charge on any atom is -0.361 e. The zero-order valence-corrected chi connectivity index (χ0v) is 17.9. The van der Waals surface area contributed by atoms with Gasteiger partial charge in [-0.1, -0.05) is 18.0 Å². The topological polar surface area (TPSA) is 56.9 Å². The molecule has 0 spiro atoms. The summed E-state index contributed by atoms with van der Waals surface area (Å²) in [4.78, 5) is 9.66. The summed E-state index contributed by atoms with van der Waals surface area (Å²) >= 11 is 0. The number of aromatic nitrogens is 1. The Morgan fingerprint density at radius 1 is 1.32 bits per heavy atom. The van der Waals surface area contributed by atoms with Crippen LogP contribution in [0.25, 0.3) is 0 Å². The lowest BCUT2D eigenvalue weighted by molar-refractivity contribution is 0.169. The Morgan fingerprint density at radius 3 is 2.68 bits per heavy atom. The van der Waals surface area contributed by atoms with Crippen LogP contribution >= 0.6 is 24.0 Å². The Bertz CT molecular complexity index is 535. The lowest BCUT2D eigenvalue weighted by atomic mass is 10.2. The normalized spacial score (nSPS) is 19.0. The molecule has 1 saturated heterocycles. The first-order valence-electron chi connectivity index (χ1n) is 9.42. The number of hydrogen-bond acceptors (Lipinski definition) is 4. The standard InChI is InChI=1S/C18H31N5O.HI/c1-3-19-18(20-8-4-5-16-6-7-16)23-11-9-22(10-12-23)14-17-13-15(2)24-21-17;/h13,16H,3-12,14H2,1-2H3,(H,19,20);1H. The summed E-state index contributed by atoms with van der Waals surface area (Å²) in [6, 6.07) is 2.03. The van der Waals surface area contributed by atoms with Gasteiger partial charge in [0.05, 0.1) is 5.69 Å². The molecular weight excluding hydrogens is 429 g/mol. The summed E-state index contributed by atoms with van der Waals surface area (Å²) in [6.07, 6.45) is 5.46. The number of hydrogen-bond donors (Lipinski definition) is 1. The van der Waals surface area contributed by atoms with Crippen LogP contribution in [0.2, 0.25) is 0 Å². The molecule has 1 saturated carbocycles. The average molecular weight is 461 g/mol. The van der Waals surface area contributed by atoms with Crippen LogP contribution in [0.4, 0.5) is 0 Å². The van der Waals surface area contributed by atoms with Gasteiger partial charge in [-0.15, -0.1) is 24.0 Å². The van der Waals surface area contributed by atoms with Gasteiger partial charge in [0.2, 0.25) is 0 Å². The fraction of sp³-hybridized carbons (Fsp3) is 0.778. The summed E-state index contributed by atoms with van der Waals surface area (Å²) in [5.74, 6) is 2.98. The number of aryl methyl sites for hydroxylation is 1. The average Bonchev–Trinajstić information content (AvgIpc) is 3.32. The van der Waals surface area contributed by atoms with Crippen molar-refractivity contribution in [1.82, 2.24) is 20.3 Å². The minimum absolute atomic E-state index is 0. The highest BCUT2D eigenvalue weighted by atomic mass is 127. The summed E-state index contributed by atoms with van der Waals surface area (Å²) in [7, 11) is 0. The number of halogens is 1. The van der Waals surface area contributed by atoms with E-state index in [0.717, 1.165) is 69.1 Å². The molecule has 0 unspecified atom stereocenters. The Kier molecular flexibility index (Phi) is 8.48. The van der Waals surface area contributed by atoms with E-state index in [4.69, 9.17) is 9.52 Å². The molecule has 0 bridgehead atoms. The fourth-order valence-corrected chi connectivity index (χ4v) is 3.24. The van der Waals surface area contributed by atoms with Gasteiger partial charge in [-0.05, 0) is 32.6 Å². The quantitative estimate of drug-likeness (QED) is 0.293. The molecule has 1 N–H and O–H groups in total. The smallest absolute Gasteiger partial charge is 0.194 e. The van der Waals surface area contributed by atoms with Gasteiger partial charge in [0.25, 0.3) is 0 Å². The van der Waals surface area contributed by atoms with Crippen LogP contribution in [0.5, 0.6) is 0 Å². The molecule has 1 aromatic rings. The molecule has 142 valence electrons. The zero-order chi connectivity index (χ0) is 16.8. The molecule has 25 heavy (non-hydrogen) atoms. The van der Waals surface area contributed by atoms with E-state index < -0.39 is 0 Å². The Morgan fingerprint density at radius 2 is 2.08 bits per heavy atom. The lowest BCUT2D eigenvalue weighted by Crippen LogP contribution is -2.52. The molecular formula is C18H32IN5O. The van der Waals surface area contributed by atoms with Gasteiger partial charge >= 0.3 is 0 Å². The number of guanidine groups is 1. The van der Waals surface area contributed by atoms with Crippen molar-refractivity contribution in [3.05, 3.63) is 17.5 Å². The highest BCUT2D eigenvalue weighted by molar-refractivity contribution is 14.0. The van der Waals surface area contributed by atoms with Crippen LogP contribution in [-0.2, 0) is 6.54 Å². The Hall–Kier alpha value is -0.830. The van der Waals surface area contributed by atoms with E-state index in [1.165, 1.54) is 25.7 Å². The second-order valence-corrected chi connectivity index (χ2v) is 7.01. The molecule has 1 aromatic heterocycles. The maximum absolute atomic E-state index is 5.16. The second kappa shape index (κ2) is 10.4. The van der Waals surface area contributed by atoms with Crippen molar-refractivity contribution in [2.45, 2.75) is 46.1 Å². The highest BCUT2D eigenvalue weighted by Crippen LogP contribution is 2.33. The zero-order valence-electron chi connectivity index (χ0n) is 15.5. The van der Waals surface area contributed by atoms with Gasteiger partial charge in [-0.25, -0.2) is 0 Å². The van der Waals surface area contributed by atoms with Crippen LogP contribution in [0.3, 0.4) is 0 Å². The van der Waals surface area contributed by atoms with Crippen molar-refractivity contribution in [3.8, 4) is 0 Å². The number of nitrogens with one attached hydrogen (secondary N) is 1. The van der Waals surface area contributed by atoms with E-state index in [9.17, 15) is 0 Å². The number of nitrogens with zero attached hydrogens (tertiary/aromatic N) is 4. The van der Waals surface area contributed by atoms with Crippen molar-refractivity contribution >= 4 is 29.9 Å². The highest BCUT2D eigenvalue weighted by Gasteiger charge is 2.21. The van der Waals surface area contributed by atoms with Crippen LogP contribution in [0.15, 0.2) is 15.6 Å². The maximum Gasteiger partial charge on any atom is 0.194 e. The molecule has 0 amide bonds. The van der Waals surface area contributed by atoms with Crippen LogP contribution < -0.4 is 5.32 Å². The van der Waals surface area contributed by atoms with Crippen LogP contribution in [0.1, 0.15) is 44.1 Å². The van der Waals surface area contributed by atoms with Crippen LogP contribution in [0, 0.1) is 12.8 Å². The first kappa shape index (κ1) is 20.5. The van der Waals surface area contributed by atoms with Crippen molar-refractivity contribution in [2.24, 2.45) is 10.9 Å². The van der Waals surface area contributed by atoms with E-state index in [1.54, 1.807) is 0 Å². The lowest BCUT2D eigenvalue weighted by Gasteiger charge is -2.36. The molecule has 0 radical (unpaired) electrons. The molecule has 2 heterocycles. The maximum atomic E-state index is 5.16. The van der Waals surface area contributed by atoms with Gasteiger partial charge in [-0.2, -0.15) is 0 Å². The third-order valence-corrected chi connectivity index (χ3v) is 4.80. The van der Waals surface area contributed by atoms with E-state index >= 15 is 0 Å². The largest absolute Gasteiger partial charge is 0.361 e. The molecule has 0 aromatic carbocycles. The van der Waals surface area contributed by atoms with Gasteiger partial charge in [0, 0.05) is 51.9 Å². The van der Waals surface area contributed by atoms with Gasteiger partial charge < -0.3 is 14.7 Å². The van der Waals surface area contributed by atoms with Gasteiger partial charge in [0.15, 0.2) is 5.96 Å². The molecule has 1 aliphatic heterocycles. The number of aliphatic imine (C=N–C) groups is 1. The summed E-state index contributed by atoms with van der Waals surface area (Å²) < 4.78 is 5.16. The molecule has 2 aliphatic rings. The SMILES string of the molecule is CCNC(=NCCCC1CC1)N1CCN(Cc2cc(C)on2)CC1.I. The van der Waals surface area contributed by atoms with Crippen molar-refractivity contribution in [3.63, 3.8) is 0 Å².